The van der Waals surface area contributed by atoms with Gasteiger partial charge in [0.1, 0.15) is 11.6 Å². The van der Waals surface area contributed by atoms with Crippen molar-refractivity contribution in [1.82, 2.24) is 15.0 Å². The summed E-state index contributed by atoms with van der Waals surface area (Å²) in [6.07, 6.45) is 4.46. The molecule has 0 bridgehead atoms. The molecule has 0 fully saturated rings. The average Bonchev–Trinajstić information content (AvgIpc) is 2.36. The largest absolute Gasteiger partial charge is 0.370 e. The maximum atomic E-state index is 4.53. The number of aromatic nitrogens is 3. The number of nitrogens with one attached hydrogen (secondary N) is 1. The van der Waals surface area contributed by atoms with E-state index in [2.05, 4.69) is 40.2 Å². The van der Waals surface area contributed by atoms with E-state index in [0.29, 0.717) is 0 Å². The van der Waals surface area contributed by atoms with E-state index in [1.807, 2.05) is 19.2 Å². The summed E-state index contributed by atoms with van der Waals surface area (Å²) in [6, 6.07) is 4.01. The highest BCUT2D eigenvalue weighted by Gasteiger charge is 2.09. The van der Waals surface area contributed by atoms with Crippen LogP contribution in [0.15, 0.2) is 24.5 Å². The summed E-state index contributed by atoms with van der Waals surface area (Å²) < 4.78 is 0. The Hall–Kier alpha value is -1.97. The van der Waals surface area contributed by atoms with E-state index in [4.69, 9.17) is 0 Å². The molecule has 0 saturated heterocycles. The van der Waals surface area contributed by atoms with Crippen LogP contribution in [-0.4, -0.2) is 21.5 Å². The first-order chi connectivity index (χ1) is 8.70. The van der Waals surface area contributed by atoms with Crippen molar-refractivity contribution in [3.63, 3.8) is 0 Å². The lowest BCUT2D eigenvalue weighted by Gasteiger charge is -2.11. The zero-order valence-electron chi connectivity index (χ0n) is 11.1. The second-order valence-electron chi connectivity index (χ2n) is 4.26. The summed E-state index contributed by atoms with van der Waals surface area (Å²) in [6.45, 7) is 6.91. The Bertz CT molecular complexity index is 523. The van der Waals surface area contributed by atoms with E-state index in [0.717, 1.165) is 35.9 Å². The molecule has 18 heavy (non-hydrogen) atoms. The van der Waals surface area contributed by atoms with Crippen LogP contribution in [-0.2, 0) is 6.42 Å². The van der Waals surface area contributed by atoms with Crippen LogP contribution in [0.5, 0.6) is 0 Å². The maximum Gasteiger partial charge on any atom is 0.132 e. The fourth-order valence-electron chi connectivity index (χ4n) is 1.89. The SMILES string of the molecule is CCNc1nc(C)nc(Cc2cccnc2)c1C. The van der Waals surface area contributed by atoms with Crippen molar-refractivity contribution in [3.05, 3.63) is 47.2 Å². The molecule has 0 aliphatic heterocycles. The minimum absolute atomic E-state index is 0.793. The molecule has 0 aromatic carbocycles. The molecule has 0 amide bonds. The summed E-state index contributed by atoms with van der Waals surface area (Å²) in [5, 5.41) is 3.28. The van der Waals surface area contributed by atoms with Gasteiger partial charge in [-0.3, -0.25) is 4.98 Å². The normalized spacial score (nSPS) is 10.4. The standard InChI is InChI=1S/C14H18N4/c1-4-16-14-10(2)13(17-11(3)18-14)8-12-6-5-7-15-9-12/h5-7,9H,4,8H2,1-3H3,(H,16,17,18). The van der Waals surface area contributed by atoms with Crippen LogP contribution in [0, 0.1) is 13.8 Å². The number of rotatable bonds is 4. The van der Waals surface area contributed by atoms with Gasteiger partial charge in [-0.05, 0) is 32.4 Å². The molecule has 4 nitrogen and oxygen atoms in total. The third kappa shape index (κ3) is 2.83. The minimum atomic E-state index is 0.793. The molecule has 2 aromatic heterocycles. The molecule has 94 valence electrons. The predicted molar refractivity (Wildman–Crippen MR) is 72.7 cm³/mol. The molecule has 2 rings (SSSR count). The van der Waals surface area contributed by atoms with E-state index in [1.54, 1.807) is 6.20 Å². The second kappa shape index (κ2) is 5.58. The zero-order valence-corrected chi connectivity index (χ0v) is 11.1. The lowest BCUT2D eigenvalue weighted by Crippen LogP contribution is -2.08. The Kier molecular flexibility index (Phi) is 3.87. The molecule has 0 aliphatic rings. The summed E-state index contributed by atoms with van der Waals surface area (Å²) in [7, 11) is 0. The maximum absolute atomic E-state index is 4.53. The summed E-state index contributed by atoms with van der Waals surface area (Å²) in [5.74, 6) is 1.74. The summed E-state index contributed by atoms with van der Waals surface area (Å²) >= 11 is 0. The lowest BCUT2D eigenvalue weighted by atomic mass is 10.1. The highest BCUT2D eigenvalue weighted by molar-refractivity contribution is 5.46. The fourth-order valence-corrected chi connectivity index (χ4v) is 1.89. The van der Waals surface area contributed by atoms with Gasteiger partial charge in [-0.25, -0.2) is 9.97 Å². The van der Waals surface area contributed by atoms with E-state index < -0.39 is 0 Å². The number of aryl methyl sites for hydroxylation is 1. The van der Waals surface area contributed by atoms with Gasteiger partial charge < -0.3 is 5.32 Å². The fraction of sp³-hybridized carbons (Fsp3) is 0.357. The molecule has 0 saturated carbocycles. The van der Waals surface area contributed by atoms with Gasteiger partial charge in [0.2, 0.25) is 0 Å². The number of nitrogens with zero attached hydrogens (tertiary/aromatic N) is 3. The number of hydrogen-bond donors (Lipinski definition) is 1. The van der Waals surface area contributed by atoms with Crippen LogP contribution < -0.4 is 5.32 Å². The summed E-state index contributed by atoms with van der Waals surface area (Å²) in [5.41, 5.74) is 3.35. The van der Waals surface area contributed by atoms with Crippen LogP contribution in [0.4, 0.5) is 5.82 Å². The Morgan fingerprint density at radius 2 is 2.06 bits per heavy atom. The molecule has 4 heteroatoms. The van der Waals surface area contributed by atoms with E-state index in [9.17, 15) is 0 Å². The van der Waals surface area contributed by atoms with E-state index in [-0.39, 0.29) is 0 Å². The van der Waals surface area contributed by atoms with E-state index >= 15 is 0 Å². The van der Waals surface area contributed by atoms with Gasteiger partial charge in [0, 0.05) is 30.9 Å². The number of anilines is 1. The third-order valence-corrected chi connectivity index (χ3v) is 2.80. The van der Waals surface area contributed by atoms with Crippen molar-refractivity contribution >= 4 is 5.82 Å². The molecule has 1 N–H and O–H groups in total. The molecule has 2 aromatic rings. The molecule has 0 unspecified atom stereocenters. The second-order valence-corrected chi connectivity index (χ2v) is 4.26. The predicted octanol–water partition coefficient (Wildman–Crippen LogP) is 2.51. The van der Waals surface area contributed by atoms with Gasteiger partial charge in [-0.1, -0.05) is 6.07 Å². The van der Waals surface area contributed by atoms with Crippen molar-refractivity contribution < 1.29 is 0 Å². The van der Waals surface area contributed by atoms with Crippen molar-refractivity contribution in [2.75, 3.05) is 11.9 Å². The molecule has 0 radical (unpaired) electrons. The highest BCUT2D eigenvalue weighted by Crippen LogP contribution is 2.18. The number of hydrogen-bond acceptors (Lipinski definition) is 4. The molecule has 0 aliphatic carbocycles. The Balaban J connectivity index is 2.33. The van der Waals surface area contributed by atoms with Crippen LogP contribution >= 0.6 is 0 Å². The summed E-state index contributed by atoms with van der Waals surface area (Å²) in [4.78, 5) is 13.1. The Labute approximate surface area is 108 Å². The van der Waals surface area contributed by atoms with Crippen molar-refractivity contribution in [1.29, 1.82) is 0 Å². The average molecular weight is 242 g/mol. The van der Waals surface area contributed by atoms with Crippen molar-refractivity contribution in [2.45, 2.75) is 27.2 Å². The van der Waals surface area contributed by atoms with Gasteiger partial charge in [-0.15, -0.1) is 0 Å². The Morgan fingerprint density at radius 3 is 2.72 bits per heavy atom. The first-order valence-electron chi connectivity index (χ1n) is 6.17. The first-order valence-corrected chi connectivity index (χ1v) is 6.17. The molecular formula is C14H18N4. The number of pyridine rings is 1. The monoisotopic (exact) mass is 242 g/mol. The van der Waals surface area contributed by atoms with Gasteiger partial charge in [0.25, 0.3) is 0 Å². The first kappa shape index (κ1) is 12.5. The van der Waals surface area contributed by atoms with Crippen LogP contribution in [0.25, 0.3) is 0 Å². The molecular weight excluding hydrogens is 224 g/mol. The van der Waals surface area contributed by atoms with Gasteiger partial charge >= 0.3 is 0 Å². The smallest absolute Gasteiger partial charge is 0.132 e. The zero-order chi connectivity index (χ0) is 13.0. The lowest BCUT2D eigenvalue weighted by molar-refractivity contribution is 0.935. The Morgan fingerprint density at radius 1 is 1.22 bits per heavy atom. The van der Waals surface area contributed by atoms with E-state index in [1.165, 1.54) is 5.56 Å². The quantitative estimate of drug-likeness (QED) is 0.895. The molecule has 0 atom stereocenters. The topological polar surface area (TPSA) is 50.7 Å². The van der Waals surface area contributed by atoms with Crippen molar-refractivity contribution in [3.8, 4) is 0 Å². The van der Waals surface area contributed by atoms with Crippen molar-refractivity contribution in [2.24, 2.45) is 0 Å². The van der Waals surface area contributed by atoms with Crippen LogP contribution in [0.1, 0.15) is 29.6 Å². The minimum Gasteiger partial charge on any atom is -0.370 e. The van der Waals surface area contributed by atoms with Gasteiger partial charge in [0.15, 0.2) is 0 Å². The molecule has 0 spiro atoms. The third-order valence-electron chi connectivity index (χ3n) is 2.80. The van der Waals surface area contributed by atoms with Gasteiger partial charge in [0.05, 0.1) is 5.69 Å². The highest BCUT2D eigenvalue weighted by atomic mass is 15.0. The van der Waals surface area contributed by atoms with Gasteiger partial charge in [-0.2, -0.15) is 0 Å². The van der Waals surface area contributed by atoms with Crippen LogP contribution in [0.3, 0.4) is 0 Å². The van der Waals surface area contributed by atoms with Crippen LogP contribution in [0.2, 0.25) is 0 Å². The molecule has 2 heterocycles.